The van der Waals surface area contributed by atoms with Gasteiger partial charge in [0, 0.05) is 6.07 Å². The van der Waals surface area contributed by atoms with Crippen LogP contribution in [0.2, 0.25) is 0 Å². The number of hydrogen-bond acceptors (Lipinski definition) is 2. The van der Waals surface area contributed by atoms with E-state index in [2.05, 4.69) is 0 Å². The van der Waals surface area contributed by atoms with E-state index in [0.29, 0.717) is 5.56 Å². The molecule has 0 amide bonds. The molecule has 0 atom stereocenters. The zero-order valence-electron chi connectivity index (χ0n) is 11.3. The van der Waals surface area contributed by atoms with Gasteiger partial charge < -0.3 is 0 Å². The molecule has 3 aromatic rings. The maximum absolute atomic E-state index is 11.4. The van der Waals surface area contributed by atoms with Crippen LogP contribution < -0.4 is 0 Å². The molecule has 0 radical (unpaired) electrons. The number of nitro benzene ring substituents is 1. The Bertz CT molecular complexity index is 768. The first-order chi connectivity index (χ1) is 10.3. The lowest BCUT2D eigenvalue weighted by Crippen LogP contribution is -1.94. The lowest BCUT2D eigenvalue weighted by molar-refractivity contribution is -0.384. The largest absolute Gasteiger partial charge is 0.277 e. The Kier molecular flexibility index (Phi) is 3.48. The van der Waals surface area contributed by atoms with Gasteiger partial charge in [-0.15, -0.1) is 0 Å². The summed E-state index contributed by atoms with van der Waals surface area (Å²) in [6.45, 7) is 0. The van der Waals surface area contributed by atoms with Gasteiger partial charge in [-0.2, -0.15) is 0 Å². The quantitative estimate of drug-likeness (QED) is 0.502. The van der Waals surface area contributed by atoms with Gasteiger partial charge in [0.25, 0.3) is 5.69 Å². The van der Waals surface area contributed by atoms with Gasteiger partial charge in [-0.25, -0.2) is 0 Å². The molecule has 0 unspecified atom stereocenters. The lowest BCUT2D eigenvalue weighted by atomic mass is 9.93. The number of rotatable bonds is 3. The zero-order chi connectivity index (χ0) is 14.7. The molecular formula is C18H13NO2. The molecule has 102 valence electrons. The van der Waals surface area contributed by atoms with E-state index in [1.54, 1.807) is 12.1 Å². The van der Waals surface area contributed by atoms with E-state index in [1.807, 2.05) is 66.7 Å². The Hall–Kier alpha value is -2.94. The summed E-state index contributed by atoms with van der Waals surface area (Å²) in [7, 11) is 0. The van der Waals surface area contributed by atoms with E-state index in [4.69, 9.17) is 0 Å². The maximum Gasteiger partial charge on any atom is 0.277 e. The van der Waals surface area contributed by atoms with Crippen molar-refractivity contribution in [3.8, 4) is 22.3 Å². The summed E-state index contributed by atoms with van der Waals surface area (Å²) in [5.74, 6) is 0. The van der Waals surface area contributed by atoms with Crippen LogP contribution in [0.15, 0.2) is 78.9 Å². The van der Waals surface area contributed by atoms with E-state index in [9.17, 15) is 10.1 Å². The number of nitro groups is 1. The van der Waals surface area contributed by atoms with E-state index in [1.165, 1.54) is 0 Å². The van der Waals surface area contributed by atoms with Crippen LogP contribution in [0.1, 0.15) is 0 Å². The Labute approximate surface area is 122 Å². The lowest BCUT2D eigenvalue weighted by Gasteiger charge is -2.10. The highest BCUT2D eigenvalue weighted by Gasteiger charge is 2.19. The van der Waals surface area contributed by atoms with Crippen molar-refractivity contribution >= 4 is 5.69 Å². The molecule has 0 aliphatic heterocycles. The van der Waals surface area contributed by atoms with Gasteiger partial charge in [0.15, 0.2) is 0 Å². The third-order valence-electron chi connectivity index (χ3n) is 3.39. The summed E-state index contributed by atoms with van der Waals surface area (Å²) in [6.07, 6.45) is 0. The first kappa shape index (κ1) is 13.1. The predicted octanol–water partition coefficient (Wildman–Crippen LogP) is 4.93. The third kappa shape index (κ3) is 2.54. The average Bonchev–Trinajstić information content (AvgIpc) is 2.55. The molecule has 21 heavy (non-hydrogen) atoms. The molecule has 0 spiro atoms. The van der Waals surface area contributed by atoms with Crippen molar-refractivity contribution in [1.29, 1.82) is 0 Å². The molecule has 0 heterocycles. The zero-order valence-corrected chi connectivity index (χ0v) is 11.3. The third-order valence-corrected chi connectivity index (χ3v) is 3.39. The highest BCUT2D eigenvalue weighted by atomic mass is 16.6. The summed E-state index contributed by atoms with van der Waals surface area (Å²) in [5.41, 5.74) is 3.48. The average molecular weight is 275 g/mol. The highest BCUT2D eigenvalue weighted by Crippen LogP contribution is 2.38. The summed E-state index contributed by atoms with van der Waals surface area (Å²) < 4.78 is 0. The van der Waals surface area contributed by atoms with Gasteiger partial charge in [-0.05, 0) is 16.7 Å². The van der Waals surface area contributed by atoms with Gasteiger partial charge in [0.05, 0.1) is 10.5 Å². The van der Waals surface area contributed by atoms with Crippen LogP contribution in [-0.4, -0.2) is 4.92 Å². The van der Waals surface area contributed by atoms with Gasteiger partial charge in [-0.1, -0.05) is 72.8 Å². The highest BCUT2D eigenvalue weighted by molar-refractivity contribution is 5.89. The van der Waals surface area contributed by atoms with Crippen LogP contribution >= 0.6 is 0 Å². The molecule has 3 aromatic carbocycles. The Morgan fingerprint density at radius 3 is 1.81 bits per heavy atom. The van der Waals surface area contributed by atoms with Crippen LogP contribution in [0.5, 0.6) is 0 Å². The first-order valence-corrected chi connectivity index (χ1v) is 6.65. The summed E-state index contributed by atoms with van der Waals surface area (Å²) >= 11 is 0. The molecule has 0 aliphatic carbocycles. The Morgan fingerprint density at radius 2 is 1.24 bits per heavy atom. The molecule has 0 N–H and O–H groups in total. The molecule has 0 fully saturated rings. The normalized spacial score (nSPS) is 10.3. The standard InChI is InChI=1S/C18H13NO2/c20-19(21)17-13-7-12-16(14-8-3-1-4-9-14)18(17)15-10-5-2-6-11-15/h1-13H. The topological polar surface area (TPSA) is 43.1 Å². The second kappa shape index (κ2) is 5.59. The van der Waals surface area contributed by atoms with Crippen LogP contribution in [-0.2, 0) is 0 Å². The monoisotopic (exact) mass is 275 g/mol. The molecule has 3 nitrogen and oxygen atoms in total. The molecular weight excluding hydrogens is 262 g/mol. The van der Waals surface area contributed by atoms with Crippen LogP contribution in [0.25, 0.3) is 22.3 Å². The molecule has 3 heteroatoms. The maximum atomic E-state index is 11.4. The van der Waals surface area contributed by atoms with Crippen molar-refractivity contribution in [2.24, 2.45) is 0 Å². The summed E-state index contributed by atoms with van der Waals surface area (Å²) in [6, 6.07) is 24.4. The van der Waals surface area contributed by atoms with Crippen LogP contribution in [0, 0.1) is 10.1 Å². The second-order valence-electron chi connectivity index (χ2n) is 4.69. The van der Waals surface area contributed by atoms with E-state index < -0.39 is 0 Å². The van der Waals surface area contributed by atoms with E-state index >= 15 is 0 Å². The van der Waals surface area contributed by atoms with Gasteiger partial charge in [-0.3, -0.25) is 10.1 Å². The number of benzene rings is 3. The fraction of sp³-hybridized carbons (Fsp3) is 0. The summed E-state index contributed by atoms with van der Waals surface area (Å²) in [5, 5.41) is 11.4. The number of nitrogens with zero attached hydrogens (tertiary/aromatic N) is 1. The smallest absolute Gasteiger partial charge is 0.258 e. The minimum atomic E-state index is -0.325. The van der Waals surface area contributed by atoms with Gasteiger partial charge >= 0.3 is 0 Å². The first-order valence-electron chi connectivity index (χ1n) is 6.65. The minimum Gasteiger partial charge on any atom is -0.258 e. The molecule has 0 aliphatic rings. The molecule has 0 aromatic heterocycles. The second-order valence-corrected chi connectivity index (χ2v) is 4.69. The van der Waals surface area contributed by atoms with Gasteiger partial charge in [0.2, 0.25) is 0 Å². The number of hydrogen-bond donors (Lipinski definition) is 0. The van der Waals surface area contributed by atoms with Crippen LogP contribution in [0.4, 0.5) is 5.69 Å². The molecule has 0 bridgehead atoms. The van der Waals surface area contributed by atoms with Gasteiger partial charge in [0.1, 0.15) is 0 Å². The van der Waals surface area contributed by atoms with E-state index in [0.717, 1.165) is 16.7 Å². The van der Waals surface area contributed by atoms with Crippen molar-refractivity contribution in [2.45, 2.75) is 0 Å². The predicted molar refractivity (Wildman–Crippen MR) is 84.0 cm³/mol. The van der Waals surface area contributed by atoms with Crippen molar-refractivity contribution in [3.05, 3.63) is 89.0 Å². The fourth-order valence-corrected chi connectivity index (χ4v) is 2.46. The van der Waals surface area contributed by atoms with Crippen molar-refractivity contribution < 1.29 is 4.92 Å². The SMILES string of the molecule is O=[N+]([O-])c1cccc(-c2ccccc2)c1-c1ccccc1. The molecule has 3 rings (SSSR count). The molecule has 0 saturated heterocycles. The minimum absolute atomic E-state index is 0.127. The Balaban J connectivity index is 2.31. The Morgan fingerprint density at radius 1 is 0.667 bits per heavy atom. The van der Waals surface area contributed by atoms with Crippen molar-refractivity contribution in [2.75, 3.05) is 0 Å². The summed E-state index contributed by atoms with van der Waals surface area (Å²) in [4.78, 5) is 11.1. The molecule has 0 saturated carbocycles. The van der Waals surface area contributed by atoms with Crippen molar-refractivity contribution in [3.63, 3.8) is 0 Å². The van der Waals surface area contributed by atoms with E-state index in [-0.39, 0.29) is 10.6 Å². The van der Waals surface area contributed by atoms with Crippen LogP contribution in [0.3, 0.4) is 0 Å². The fourth-order valence-electron chi connectivity index (χ4n) is 2.46. The van der Waals surface area contributed by atoms with Crippen molar-refractivity contribution in [1.82, 2.24) is 0 Å².